The molecule has 1 N–H and O–H groups in total. The van der Waals surface area contributed by atoms with Crippen LogP contribution < -0.4 is 0 Å². The van der Waals surface area contributed by atoms with Crippen LogP contribution >= 0.6 is 0 Å². The Balaban J connectivity index is 1.48. The first kappa shape index (κ1) is 21.4. The number of pyridine rings is 1. The van der Waals surface area contributed by atoms with E-state index >= 15 is 0 Å². The van der Waals surface area contributed by atoms with E-state index in [1.807, 2.05) is 36.1 Å². The highest BCUT2D eigenvalue weighted by atomic mass is 19.4. The molecule has 1 amide bonds. The summed E-state index contributed by atoms with van der Waals surface area (Å²) in [7, 11) is 0. The van der Waals surface area contributed by atoms with E-state index in [9.17, 15) is 18.0 Å². The Morgan fingerprint density at radius 2 is 2.00 bits per heavy atom. The van der Waals surface area contributed by atoms with Crippen molar-refractivity contribution in [1.29, 1.82) is 0 Å². The van der Waals surface area contributed by atoms with E-state index in [-0.39, 0.29) is 17.3 Å². The summed E-state index contributed by atoms with van der Waals surface area (Å²) in [5, 5.41) is 0. The van der Waals surface area contributed by atoms with Crippen molar-refractivity contribution in [2.24, 2.45) is 0 Å². The summed E-state index contributed by atoms with van der Waals surface area (Å²) < 4.78 is 44.2. The van der Waals surface area contributed by atoms with Crippen molar-refractivity contribution >= 4 is 16.9 Å². The number of amides is 1. The minimum absolute atomic E-state index is 0.0264. The molecule has 1 aliphatic heterocycles. The average molecular weight is 431 g/mol. The first-order valence-corrected chi connectivity index (χ1v) is 10.4. The lowest BCUT2D eigenvalue weighted by Crippen LogP contribution is -2.39. The topological polar surface area (TPSA) is 58.2 Å². The minimum atomic E-state index is -4.47. The van der Waals surface area contributed by atoms with Gasteiger partial charge in [0.1, 0.15) is 5.69 Å². The number of carbonyl (C=O) groups excluding carboxylic acids is 1. The summed E-state index contributed by atoms with van der Waals surface area (Å²) in [6, 6.07) is 11.5. The maximum atomic E-state index is 13.0. The number of hydrogen-bond donors (Lipinski definition) is 1. The molecule has 164 valence electrons. The van der Waals surface area contributed by atoms with Gasteiger partial charge in [0.25, 0.3) is 5.91 Å². The number of ether oxygens (including phenoxy) is 1. The van der Waals surface area contributed by atoms with E-state index in [4.69, 9.17) is 4.74 Å². The quantitative estimate of drug-likeness (QED) is 0.609. The number of carbonyl (C=O) groups is 1. The molecule has 0 bridgehead atoms. The first-order chi connectivity index (χ1) is 14.8. The number of aromatic nitrogens is 2. The number of benzene rings is 1. The number of halogens is 3. The number of piperidine rings is 1. The summed E-state index contributed by atoms with van der Waals surface area (Å²) in [5.41, 5.74) is 2.40. The number of hydrogen-bond acceptors (Lipinski definition) is 3. The lowest BCUT2D eigenvalue weighted by molar-refractivity contribution is -0.140. The summed E-state index contributed by atoms with van der Waals surface area (Å²) in [6.07, 6.45) is -2.79. The second kappa shape index (κ2) is 8.70. The third kappa shape index (κ3) is 4.74. The van der Waals surface area contributed by atoms with E-state index in [2.05, 4.69) is 9.97 Å². The number of rotatable bonds is 5. The van der Waals surface area contributed by atoms with Gasteiger partial charge < -0.3 is 14.6 Å². The van der Waals surface area contributed by atoms with Crippen molar-refractivity contribution in [1.82, 2.24) is 14.9 Å². The summed E-state index contributed by atoms with van der Waals surface area (Å²) in [5.74, 6) is -0.0142. The zero-order valence-electron chi connectivity index (χ0n) is 17.2. The minimum Gasteiger partial charge on any atom is -0.377 e. The summed E-state index contributed by atoms with van der Waals surface area (Å²) in [6.45, 7) is 4.26. The van der Waals surface area contributed by atoms with Crippen LogP contribution in [0.5, 0.6) is 0 Å². The van der Waals surface area contributed by atoms with Gasteiger partial charge in [-0.25, -0.2) is 4.98 Å². The van der Waals surface area contributed by atoms with Gasteiger partial charge in [0.2, 0.25) is 0 Å². The van der Waals surface area contributed by atoms with Crippen molar-refractivity contribution in [3.8, 4) is 0 Å². The van der Waals surface area contributed by atoms with Gasteiger partial charge in [-0.1, -0.05) is 12.1 Å². The molecule has 3 aromatic rings. The number of nitrogens with one attached hydrogen (secondary N) is 1. The largest absolute Gasteiger partial charge is 0.433 e. The Labute approximate surface area is 178 Å². The van der Waals surface area contributed by atoms with Crippen LogP contribution in [0.15, 0.2) is 42.5 Å². The standard InChI is InChI=1S/C23H24F3N3O2/c1-2-31-14-15-5-7-16(8-6-15)22(30)29-11-3-4-17(13-29)19-12-20-18(27-19)9-10-21(28-20)23(24,25)26/h5-10,12,17,27H,2-4,11,13-14H2,1H3/t17-/m1/s1. The van der Waals surface area contributed by atoms with E-state index in [1.54, 1.807) is 6.07 Å². The second-order valence-corrected chi connectivity index (χ2v) is 7.78. The van der Waals surface area contributed by atoms with Gasteiger partial charge in [0, 0.05) is 36.9 Å². The number of likely N-dealkylation sites (tertiary alicyclic amines) is 1. The molecule has 3 heterocycles. The third-order valence-electron chi connectivity index (χ3n) is 5.61. The van der Waals surface area contributed by atoms with Crippen LogP contribution in [0, 0.1) is 0 Å². The number of fused-ring (bicyclic) bond motifs is 1. The van der Waals surface area contributed by atoms with E-state index < -0.39 is 11.9 Å². The molecule has 0 radical (unpaired) electrons. The van der Waals surface area contributed by atoms with Gasteiger partial charge in [0.05, 0.1) is 17.6 Å². The zero-order valence-corrected chi connectivity index (χ0v) is 17.2. The molecule has 1 fully saturated rings. The fourth-order valence-corrected chi connectivity index (χ4v) is 3.97. The molecule has 1 saturated heterocycles. The summed E-state index contributed by atoms with van der Waals surface area (Å²) in [4.78, 5) is 21.7. The van der Waals surface area contributed by atoms with Crippen molar-refractivity contribution in [2.45, 2.75) is 38.5 Å². The second-order valence-electron chi connectivity index (χ2n) is 7.78. The van der Waals surface area contributed by atoms with E-state index in [1.165, 1.54) is 6.07 Å². The average Bonchev–Trinajstić information content (AvgIpc) is 3.21. The Hall–Kier alpha value is -2.87. The monoisotopic (exact) mass is 431 g/mol. The predicted octanol–water partition coefficient (Wildman–Crippen LogP) is 5.14. The molecule has 8 heteroatoms. The van der Waals surface area contributed by atoms with Crippen LogP contribution in [-0.2, 0) is 17.5 Å². The van der Waals surface area contributed by atoms with Crippen LogP contribution in [0.3, 0.4) is 0 Å². The van der Waals surface area contributed by atoms with Crippen molar-refractivity contribution in [2.75, 3.05) is 19.7 Å². The highest BCUT2D eigenvalue weighted by Gasteiger charge is 2.33. The summed E-state index contributed by atoms with van der Waals surface area (Å²) >= 11 is 0. The fourth-order valence-electron chi connectivity index (χ4n) is 3.97. The van der Waals surface area contributed by atoms with Crippen LogP contribution in [0.1, 0.15) is 53.0 Å². The van der Waals surface area contributed by atoms with Gasteiger partial charge in [-0.3, -0.25) is 4.79 Å². The van der Waals surface area contributed by atoms with Crippen molar-refractivity contribution < 1.29 is 22.7 Å². The Bertz CT molecular complexity index is 1060. The Kier molecular flexibility index (Phi) is 6.00. The molecule has 5 nitrogen and oxygen atoms in total. The predicted molar refractivity (Wildman–Crippen MR) is 111 cm³/mol. The molecule has 1 aromatic carbocycles. The molecule has 1 aliphatic rings. The number of aromatic amines is 1. The molecule has 2 aromatic heterocycles. The molecule has 0 saturated carbocycles. The van der Waals surface area contributed by atoms with Crippen molar-refractivity contribution in [3.63, 3.8) is 0 Å². The molecule has 0 aliphatic carbocycles. The molecule has 1 atom stereocenters. The smallest absolute Gasteiger partial charge is 0.377 e. The third-order valence-corrected chi connectivity index (χ3v) is 5.61. The number of H-pyrrole nitrogens is 1. The lowest BCUT2D eigenvalue weighted by atomic mass is 9.94. The SMILES string of the molecule is CCOCc1ccc(C(=O)N2CCC[C@@H](c3cc4nc(C(F)(F)F)ccc4[nH]3)C2)cc1. The van der Waals surface area contributed by atoms with Gasteiger partial charge in [0.15, 0.2) is 0 Å². The van der Waals surface area contributed by atoms with Crippen molar-refractivity contribution in [3.05, 3.63) is 65.0 Å². The molecule has 0 spiro atoms. The molecular weight excluding hydrogens is 407 g/mol. The fraction of sp³-hybridized carbons (Fsp3) is 0.391. The highest BCUT2D eigenvalue weighted by molar-refractivity contribution is 5.94. The van der Waals surface area contributed by atoms with Gasteiger partial charge in [-0.2, -0.15) is 13.2 Å². The van der Waals surface area contributed by atoms with Crippen LogP contribution in [0.2, 0.25) is 0 Å². The van der Waals surface area contributed by atoms with Crippen LogP contribution in [0.4, 0.5) is 13.2 Å². The highest BCUT2D eigenvalue weighted by Crippen LogP contribution is 2.32. The maximum Gasteiger partial charge on any atom is 0.433 e. The normalized spacial score (nSPS) is 17.3. The molecule has 4 rings (SSSR count). The van der Waals surface area contributed by atoms with Gasteiger partial charge in [-0.15, -0.1) is 0 Å². The first-order valence-electron chi connectivity index (χ1n) is 10.4. The van der Waals surface area contributed by atoms with E-state index in [0.717, 1.165) is 30.2 Å². The maximum absolute atomic E-state index is 13.0. The molecule has 31 heavy (non-hydrogen) atoms. The van der Waals surface area contributed by atoms with Crippen LogP contribution in [0.25, 0.3) is 11.0 Å². The zero-order chi connectivity index (χ0) is 22.0. The van der Waals surface area contributed by atoms with Crippen LogP contribution in [-0.4, -0.2) is 40.5 Å². The van der Waals surface area contributed by atoms with E-state index in [0.29, 0.717) is 37.4 Å². The molecular formula is C23H24F3N3O2. The van der Waals surface area contributed by atoms with Gasteiger partial charge >= 0.3 is 6.18 Å². The lowest BCUT2D eigenvalue weighted by Gasteiger charge is -2.32. The Morgan fingerprint density at radius 3 is 2.71 bits per heavy atom. The Morgan fingerprint density at radius 1 is 1.23 bits per heavy atom. The molecule has 0 unspecified atom stereocenters. The van der Waals surface area contributed by atoms with Gasteiger partial charge in [-0.05, 0) is 55.7 Å². The number of nitrogens with zero attached hydrogens (tertiary/aromatic N) is 2. The number of alkyl halides is 3.